The number of halogens is 3. The van der Waals surface area contributed by atoms with Crippen LogP contribution in [0.2, 0.25) is 10.0 Å². The van der Waals surface area contributed by atoms with Crippen molar-refractivity contribution in [2.75, 3.05) is 12.4 Å². The van der Waals surface area contributed by atoms with Gasteiger partial charge in [0.15, 0.2) is 11.5 Å². The zero-order chi connectivity index (χ0) is 25.9. The third-order valence-electron chi connectivity index (χ3n) is 5.90. The maximum atomic E-state index is 6.22. The molecule has 0 saturated heterocycles. The van der Waals surface area contributed by atoms with Crippen LogP contribution in [0.1, 0.15) is 16.7 Å². The molecule has 188 valence electrons. The summed E-state index contributed by atoms with van der Waals surface area (Å²) in [6.45, 7) is 2.96. The Labute approximate surface area is 238 Å². The average molecular weight is 614 g/mol. The Balaban J connectivity index is 1.33. The van der Waals surface area contributed by atoms with E-state index in [2.05, 4.69) is 70.6 Å². The molecule has 5 rings (SSSR count). The minimum absolute atomic E-state index is 0.326. The van der Waals surface area contributed by atoms with Crippen LogP contribution in [0.5, 0.6) is 11.5 Å². The molecule has 1 N–H and O–H groups in total. The molecule has 0 spiro atoms. The highest BCUT2D eigenvalue weighted by Gasteiger charge is 2.16. The van der Waals surface area contributed by atoms with Crippen molar-refractivity contribution in [2.45, 2.75) is 20.1 Å². The average Bonchev–Trinajstić information content (AvgIpc) is 3.32. The van der Waals surface area contributed by atoms with Gasteiger partial charge < -0.3 is 14.8 Å². The number of nitrogens with zero attached hydrogens (tertiary/aromatic N) is 1. The van der Waals surface area contributed by atoms with Gasteiger partial charge in [0.2, 0.25) is 0 Å². The van der Waals surface area contributed by atoms with E-state index in [1.807, 2.05) is 18.2 Å². The van der Waals surface area contributed by atoms with E-state index in [1.165, 1.54) is 10.3 Å². The van der Waals surface area contributed by atoms with Crippen LogP contribution in [-0.2, 0) is 13.2 Å². The van der Waals surface area contributed by atoms with E-state index in [-0.39, 0.29) is 0 Å². The second kappa shape index (κ2) is 11.3. The number of nitrogens with one attached hydrogen (secondary N) is 1. The highest BCUT2D eigenvalue weighted by Crippen LogP contribution is 2.38. The van der Waals surface area contributed by atoms with Crippen molar-refractivity contribution < 1.29 is 9.47 Å². The topological polar surface area (TPSA) is 43.4 Å². The molecule has 0 unspecified atom stereocenters. The van der Waals surface area contributed by atoms with E-state index in [0.29, 0.717) is 34.7 Å². The quantitative estimate of drug-likeness (QED) is 0.189. The fourth-order valence-electron chi connectivity index (χ4n) is 3.93. The Hall–Kier alpha value is -2.77. The molecule has 37 heavy (non-hydrogen) atoms. The van der Waals surface area contributed by atoms with Crippen LogP contribution in [0.4, 0.5) is 5.69 Å². The number of rotatable bonds is 8. The van der Waals surface area contributed by atoms with Crippen molar-refractivity contribution in [1.82, 2.24) is 4.98 Å². The molecule has 4 aromatic carbocycles. The maximum absolute atomic E-state index is 6.22. The van der Waals surface area contributed by atoms with E-state index in [9.17, 15) is 0 Å². The molecule has 0 fully saturated rings. The molecule has 0 amide bonds. The number of ether oxygens (including phenoxy) is 2. The molecule has 8 heteroatoms. The molecule has 1 aromatic heterocycles. The minimum atomic E-state index is 0.326. The zero-order valence-corrected chi connectivity index (χ0v) is 24.1. The van der Waals surface area contributed by atoms with Crippen molar-refractivity contribution in [3.8, 4) is 22.1 Å². The third-order valence-corrected chi connectivity index (χ3v) is 8.45. The predicted octanol–water partition coefficient (Wildman–Crippen LogP) is 9.54. The number of aromatic nitrogens is 1. The van der Waals surface area contributed by atoms with Crippen molar-refractivity contribution in [1.29, 1.82) is 0 Å². The summed E-state index contributed by atoms with van der Waals surface area (Å²) in [6, 6.07) is 24.0. The fourth-order valence-corrected chi connectivity index (χ4v) is 5.77. The Morgan fingerprint density at radius 2 is 1.76 bits per heavy atom. The first-order valence-electron chi connectivity index (χ1n) is 11.5. The smallest absolute Gasteiger partial charge is 0.167 e. The first kappa shape index (κ1) is 25.9. The van der Waals surface area contributed by atoms with Gasteiger partial charge in [0.05, 0.1) is 27.4 Å². The molecule has 4 nitrogen and oxygen atoms in total. The molecular weight excluding hydrogens is 591 g/mol. The van der Waals surface area contributed by atoms with Crippen LogP contribution in [0.3, 0.4) is 0 Å². The summed E-state index contributed by atoms with van der Waals surface area (Å²) in [6.07, 6.45) is 0. The van der Waals surface area contributed by atoms with E-state index in [0.717, 1.165) is 37.4 Å². The highest BCUT2D eigenvalue weighted by molar-refractivity contribution is 9.10. The van der Waals surface area contributed by atoms with Crippen molar-refractivity contribution in [3.63, 3.8) is 0 Å². The maximum Gasteiger partial charge on any atom is 0.167 e. The van der Waals surface area contributed by atoms with Crippen molar-refractivity contribution >= 4 is 66.4 Å². The molecule has 0 aliphatic rings. The van der Waals surface area contributed by atoms with Crippen molar-refractivity contribution in [2.24, 2.45) is 0 Å². The monoisotopic (exact) mass is 612 g/mol. The summed E-state index contributed by atoms with van der Waals surface area (Å²) in [5, 5.41) is 5.52. The van der Waals surface area contributed by atoms with Crippen LogP contribution in [0.15, 0.2) is 77.3 Å². The number of hydrogen-bond acceptors (Lipinski definition) is 5. The van der Waals surface area contributed by atoms with Crippen LogP contribution in [-0.4, -0.2) is 12.1 Å². The Bertz CT molecular complexity index is 1570. The lowest BCUT2D eigenvalue weighted by atomic mass is 10.1. The SMILES string of the molecule is COc1ccc(Br)c(CNc2ccc(-c3nc4ccc(C)cc4s3)cc2)c1OCc1ccc(Cl)c(Cl)c1. The molecule has 0 radical (unpaired) electrons. The summed E-state index contributed by atoms with van der Waals surface area (Å²) < 4.78 is 13.9. The summed E-state index contributed by atoms with van der Waals surface area (Å²) in [4.78, 5) is 4.79. The first-order valence-corrected chi connectivity index (χ1v) is 13.9. The van der Waals surface area contributed by atoms with Gasteiger partial charge in [-0.1, -0.05) is 51.3 Å². The van der Waals surface area contributed by atoms with E-state index in [4.69, 9.17) is 37.7 Å². The van der Waals surface area contributed by atoms with Gasteiger partial charge in [-0.3, -0.25) is 0 Å². The lowest BCUT2D eigenvalue weighted by Gasteiger charge is -2.18. The predicted molar refractivity (Wildman–Crippen MR) is 159 cm³/mol. The number of thiazole rings is 1. The third kappa shape index (κ3) is 5.88. The lowest BCUT2D eigenvalue weighted by molar-refractivity contribution is 0.281. The van der Waals surface area contributed by atoms with Gasteiger partial charge >= 0.3 is 0 Å². The molecule has 1 heterocycles. The molecule has 0 aliphatic carbocycles. The van der Waals surface area contributed by atoms with Gasteiger partial charge in [0.25, 0.3) is 0 Å². The standard InChI is InChI=1S/C29H23BrCl2N2O2S/c1-17-3-11-25-27(13-17)37-29(34-25)19-5-7-20(8-6-19)33-15-21-22(30)9-12-26(35-2)28(21)36-16-18-4-10-23(31)24(32)14-18/h3-14,33H,15-16H2,1-2H3. The molecular formula is C29H23BrCl2N2O2S. The highest BCUT2D eigenvalue weighted by atomic mass is 79.9. The van der Waals surface area contributed by atoms with E-state index in [1.54, 1.807) is 30.6 Å². The first-order chi connectivity index (χ1) is 17.9. The van der Waals surface area contributed by atoms with Crippen LogP contribution >= 0.6 is 50.5 Å². The Morgan fingerprint density at radius 1 is 0.946 bits per heavy atom. The van der Waals surface area contributed by atoms with E-state index < -0.39 is 0 Å². The Kier molecular flexibility index (Phi) is 7.91. The second-order valence-electron chi connectivity index (χ2n) is 8.52. The normalized spacial score (nSPS) is 11.1. The Morgan fingerprint density at radius 3 is 2.51 bits per heavy atom. The van der Waals surface area contributed by atoms with Gasteiger partial charge in [-0.15, -0.1) is 11.3 Å². The van der Waals surface area contributed by atoms with Gasteiger partial charge in [-0.2, -0.15) is 0 Å². The molecule has 5 aromatic rings. The van der Waals surface area contributed by atoms with Gasteiger partial charge in [-0.05, 0) is 78.7 Å². The van der Waals surface area contributed by atoms with Crippen molar-refractivity contribution in [3.05, 3.63) is 104 Å². The number of aryl methyl sites for hydroxylation is 1. The van der Waals surface area contributed by atoms with Gasteiger partial charge in [-0.25, -0.2) is 4.98 Å². The van der Waals surface area contributed by atoms with Gasteiger partial charge in [0, 0.05) is 27.8 Å². The number of benzene rings is 4. The summed E-state index contributed by atoms with van der Waals surface area (Å²) in [7, 11) is 1.63. The summed E-state index contributed by atoms with van der Waals surface area (Å²) in [5.74, 6) is 1.32. The molecule has 0 atom stereocenters. The number of hydrogen-bond donors (Lipinski definition) is 1. The number of fused-ring (bicyclic) bond motifs is 1. The molecule has 0 aliphatic heterocycles. The van der Waals surface area contributed by atoms with Crippen LogP contribution in [0.25, 0.3) is 20.8 Å². The fraction of sp³-hybridized carbons (Fsp3) is 0.138. The van der Waals surface area contributed by atoms with Gasteiger partial charge in [0.1, 0.15) is 11.6 Å². The van der Waals surface area contributed by atoms with E-state index >= 15 is 0 Å². The number of methoxy groups -OCH3 is 1. The number of anilines is 1. The largest absolute Gasteiger partial charge is 0.493 e. The molecule has 0 bridgehead atoms. The van der Waals surface area contributed by atoms with Crippen LogP contribution < -0.4 is 14.8 Å². The molecule has 0 saturated carbocycles. The minimum Gasteiger partial charge on any atom is -0.493 e. The summed E-state index contributed by atoms with van der Waals surface area (Å²) >= 11 is 17.6. The summed E-state index contributed by atoms with van der Waals surface area (Å²) in [5.41, 5.74) is 6.22. The van der Waals surface area contributed by atoms with Crippen LogP contribution in [0, 0.1) is 6.92 Å². The lowest BCUT2D eigenvalue weighted by Crippen LogP contribution is -2.06. The zero-order valence-electron chi connectivity index (χ0n) is 20.1. The second-order valence-corrected chi connectivity index (χ2v) is 11.2.